The summed E-state index contributed by atoms with van der Waals surface area (Å²) in [4.78, 5) is 39.2. The van der Waals surface area contributed by atoms with Crippen LogP contribution in [0.5, 0.6) is 0 Å². The van der Waals surface area contributed by atoms with E-state index < -0.39 is 5.97 Å². The lowest BCUT2D eigenvalue weighted by molar-refractivity contribution is -0.140. The molecule has 1 saturated heterocycles. The topological polar surface area (TPSA) is 77.8 Å². The zero-order chi connectivity index (χ0) is 21.0. The van der Waals surface area contributed by atoms with Crippen LogP contribution in [0, 0.1) is 11.8 Å². The minimum Gasteiger partial charge on any atom is -0.498 e. The number of fused-ring (bicyclic) bond motifs is 3. The molecule has 0 aliphatic carbocycles. The first-order valence-corrected chi connectivity index (χ1v) is 10.4. The number of allylic oxidation sites excluding steroid dienone is 1. The highest BCUT2D eigenvalue weighted by Crippen LogP contribution is 2.46. The lowest BCUT2D eigenvalue weighted by Crippen LogP contribution is -2.49. The Bertz CT molecular complexity index is 1100. The number of hydrogen-bond donors (Lipinski definition) is 0. The Morgan fingerprint density at radius 1 is 1.27 bits per heavy atom. The predicted octanol–water partition coefficient (Wildman–Crippen LogP) is 2.63. The standard InChI is InChI=1S/C23H24N2O5/c1-13-18-10-24-8-7-16-15-5-3-4-6-20(15)25(22(28)12-30-14(2)26)23(16)19(11-29-13)17(18)9-21(24)27/h3-6,11,13,17-18H,7-10,12H2,1-2H3. The van der Waals surface area contributed by atoms with Crippen LogP contribution in [0.3, 0.4) is 0 Å². The number of hydrogen-bond acceptors (Lipinski definition) is 5. The molecule has 7 nitrogen and oxygen atoms in total. The lowest BCUT2D eigenvalue weighted by Gasteiger charge is -2.43. The van der Waals surface area contributed by atoms with Crippen molar-refractivity contribution in [2.75, 3.05) is 19.7 Å². The number of benzene rings is 1. The normalized spacial score (nSPS) is 25.0. The van der Waals surface area contributed by atoms with E-state index in [4.69, 9.17) is 9.47 Å². The third kappa shape index (κ3) is 2.83. The van der Waals surface area contributed by atoms with E-state index in [1.165, 1.54) is 6.92 Å². The molecule has 1 aromatic heterocycles. The molecule has 3 atom stereocenters. The van der Waals surface area contributed by atoms with Crippen LogP contribution in [0.1, 0.15) is 36.3 Å². The van der Waals surface area contributed by atoms with Gasteiger partial charge in [-0.3, -0.25) is 19.0 Å². The third-order valence-corrected chi connectivity index (χ3v) is 6.64. The van der Waals surface area contributed by atoms with Crippen LogP contribution in [-0.4, -0.2) is 53.1 Å². The van der Waals surface area contributed by atoms with Gasteiger partial charge < -0.3 is 14.4 Å². The summed E-state index contributed by atoms with van der Waals surface area (Å²) in [5.41, 5.74) is 3.52. The molecule has 30 heavy (non-hydrogen) atoms. The van der Waals surface area contributed by atoms with E-state index in [2.05, 4.69) is 0 Å². The summed E-state index contributed by atoms with van der Waals surface area (Å²) in [6, 6.07) is 7.76. The fraction of sp³-hybridized carbons (Fsp3) is 0.435. The molecule has 0 radical (unpaired) electrons. The quantitative estimate of drug-likeness (QED) is 0.714. The molecule has 0 saturated carbocycles. The van der Waals surface area contributed by atoms with E-state index in [-0.39, 0.29) is 36.4 Å². The zero-order valence-electron chi connectivity index (χ0n) is 17.1. The van der Waals surface area contributed by atoms with E-state index in [9.17, 15) is 14.4 Å². The largest absolute Gasteiger partial charge is 0.498 e. The van der Waals surface area contributed by atoms with E-state index in [0.717, 1.165) is 27.7 Å². The van der Waals surface area contributed by atoms with Gasteiger partial charge in [0.15, 0.2) is 6.61 Å². The summed E-state index contributed by atoms with van der Waals surface area (Å²) in [5, 5.41) is 0.981. The molecule has 0 spiro atoms. The van der Waals surface area contributed by atoms with Crippen LogP contribution >= 0.6 is 0 Å². The second-order valence-corrected chi connectivity index (χ2v) is 8.33. The van der Waals surface area contributed by atoms with Crippen LogP contribution in [0.15, 0.2) is 30.5 Å². The first-order valence-electron chi connectivity index (χ1n) is 10.4. The highest BCUT2D eigenvalue weighted by Gasteiger charge is 2.45. The molecule has 156 valence electrons. The van der Waals surface area contributed by atoms with E-state index in [1.807, 2.05) is 36.1 Å². The minimum absolute atomic E-state index is 0.000984. The van der Waals surface area contributed by atoms with Crippen molar-refractivity contribution in [3.8, 4) is 0 Å². The molecule has 2 aromatic rings. The SMILES string of the molecule is CC(=O)OCC(=O)n1c2c(c3ccccc31)CCN1CC3C(C)OC=C2C3CC1=O. The number of rotatable bonds is 2. The molecule has 4 aliphatic heterocycles. The van der Waals surface area contributed by atoms with Crippen molar-refractivity contribution in [3.05, 3.63) is 41.8 Å². The van der Waals surface area contributed by atoms with Gasteiger partial charge in [-0.1, -0.05) is 18.2 Å². The van der Waals surface area contributed by atoms with Crippen molar-refractivity contribution in [2.45, 2.75) is 32.8 Å². The van der Waals surface area contributed by atoms with Gasteiger partial charge in [0.1, 0.15) is 6.10 Å². The van der Waals surface area contributed by atoms with Crippen LogP contribution in [0.2, 0.25) is 0 Å². The smallest absolute Gasteiger partial charge is 0.303 e. The zero-order valence-corrected chi connectivity index (χ0v) is 17.1. The first-order chi connectivity index (χ1) is 14.5. The third-order valence-electron chi connectivity index (χ3n) is 6.64. The number of ether oxygens (including phenoxy) is 2. The number of piperidine rings is 1. The molecule has 7 heteroatoms. The Kier molecular flexibility index (Phi) is 4.41. The number of esters is 1. The van der Waals surface area contributed by atoms with Gasteiger partial charge >= 0.3 is 5.97 Å². The van der Waals surface area contributed by atoms with Gasteiger partial charge in [0.2, 0.25) is 5.91 Å². The molecular weight excluding hydrogens is 384 g/mol. The number of carbonyl (C=O) groups excluding carboxylic acids is 3. The van der Waals surface area contributed by atoms with Gasteiger partial charge in [-0.25, -0.2) is 0 Å². The maximum Gasteiger partial charge on any atom is 0.303 e. The molecule has 1 amide bonds. The first kappa shape index (κ1) is 18.9. The van der Waals surface area contributed by atoms with Crippen molar-refractivity contribution in [2.24, 2.45) is 11.8 Å². The second-order valence-electron chi connectivity index (χ2n) is 8.33. The Labute approximate surface area is 174 Å². The maximum absolute atomic E-state index is 13.2. The van der Waals surface area contributed by atoms with Gasteiger partial charge in [0.25, 0.3) is 5.91 Å². The average molecular weight is 408 g/mol. The van der Waals surface area contributed by atoms with Crippen molar-refractivity contribution in [3.63, 3.8) is 0 Å². The number of para-hydroxylation sites is 1. The van der Waals surface area contributed by atoms with E-state index >= 15 is 0 Å². The van der Waals surface area contributed by atoms with Gasteiger partial charge in [0, 0.05) is 49.2 Å². The molecule has 5 heterocycles. The average Bonchev–Trinajstić information content (AvgIpc) is 3.08. The summed E-state index contributed by atoms with van der Waals surface area (Å²) in [6.07, 6.45) is 2.82. The summed E-state index contributed by atoms with van der Waals surface area (Å²) >= 11 is 0. The molecule has 1 fully saturated rings. The molecule has 4 aliphatic rings. The number of aromatic nitrogens is 1. The Morgan fingerprint density at radius 2 is 2.07 bits per heavy atom. The van der Waals surface area contributed by atoms with Crippen molar-refractivity contribution < 1.29 is 23.9 Å². The predicted molar refractivity (Wildman–Crippen MR) is 110 cm³/mol. The summed E-state index contributed by atoms with van der Waals surface area (Å²) in [7, 11) is 0. The van der Waals surface area contributed by atoms with Gasteiger partial charge in [-0.05, 0) is 25.0 Å². The Hall–Kier alpha value is -3.09. The van der Waals surface area contributed by atoms with Crippen LogP contribution in [0.25, 0.3) is 16.5 Å². The van der Waals surface area contributed by atoms with Crippen molar-refractivity contribution in [1.29, 1.82) is 0 Å². The fourth-order valence-corrected chi connectivity index (χ4v) is 5.18. The Morgan fingerprint density at radius 3 is 2.87 bits per heavy atom. The molecule has 6 rings (SSSR count). The highest BCUT2D eigenvalue weighted by atomic mass is 16.5. The minimum atomic E-state index is -0.495. The fourth-order valence-electron chi connectivity index (χ4n) is 5.18. The van der Waals surface area contributed by atoms with Crippen molar-refractivity contribution in [1.82, 2.24) is 9.47 Å². The monoisotopic (exact) mass is 408 g/mol. The number of amides is 1. The van der Waals surface area contributed by atoms with Gasteiger partial charge in [-0.15, -0.1) is 0 Å². The molecule has 4 bridgehead atoms. The highest BCUT2D eigenvalue weighted by molar-refractivity contribution is 6.01. The lowest BCUT2D eigenvalue weighted by atomic mass is 9.75. The van der Waals surface area contributed by atoms with Crippen LogP contribution in [0.4, 0.5) is 0 Å². The van der Waals surface area contributed by atoms with Gasteiger partial charge in [-0.2, -0.15) is 0 Å². The molecular formula is C23H24N2O5. The summed E-state index contributed by atoms with van der Waals surface area (Å²) < 4.78 is 12.7. The maximum atomic E-state index is 13.2. The molecule has 1 aromatic carbocycles. The Balaban J connectivity index is 1.74. The summed E-state index contributed by atoms with van der Waals surface area (Å²) in [5.74, 6) is -0.462. The van der Waals surface area contributed by atoms with Gasteiger partial charge in [0.05, 0.1) is 17.5 Å². The molecule has 3 unspecified atom stereocenters. The molecule has 0 N–H and O–H groups in total. The van der Waals surface area contributed by atoms with Crippen LogP contribution in [-0.2, 0) is 25.5 Å². The van der Waals surface area contributed by atoms with E-state index in [1.54, 1.807) is 10.8 Å². The van der Waals surface area contributed by atoms with E-state index in [0.29, 0.717) is 25.9 Å². The second kappa shape index (κ2) is 7.00. The number of carbonyl (C=O) groups is 3. The summed E-state index contributed by atoms with van der Waals surface area (Å²) in [6.45, 7) is 4.29. The van der Waals surface area contributed by atoms with Crippen molar-refractivity contribution >= 4 is 34.3 Å². The van der Waals surface area contributed by atoms with Crippen LogP contribution < -0.4 is 0 Å². The number of nitrogens with zero attached hydrogens (tertiary/aromatic N) is 2.